The summed E-state index contributed by atoms with van der Waals surface area (Å²) in [7, 11) is 3.51. The molecule has 0 aliphatic carbocycles. The number of carbonyl (C=O) groups excluding carboxylic acids is 1. The molecule has 1 rings (SSSR count). The SMILES string of the molecule is CNc1cc(C)ncc1C(=O)N(C)CCC(C)O. The van der Waals surface area contributed by atoms with Gasteiger partial charge in [-0.2, -0.15) is 0 Å². The van der Waals surface area contributed by atoms with E-state index in [0.717, 1.165) is 11.4 Å². The van der Waals surface area contributed by atoms with Gasteiger partial charge in [-0.1, -0.05) is 0 Å². The number of rotatable bonds is 5. The maximum Gasteiger partial charge on any atom is 0.257 e. The fourth-order valence-corrected chi connectivity index (χ4v) is 1.62. The quantitative estimate of drug-likeness (QED) is 0.827. The van der Waals surface area contributed by atoms with Crippen LogP contribution in [0.15, 0.2) is 12.3 Å². The first-order valence-corrected chi connectivity index (χ1v) is 6.03. The lowest BCUT2D eigenvalue weighted by molar-refractivity contribution is 0.0769. The van der Waals surface area contributed by atoms with Gasteiger partial charge in [-0.3, -0.25) is 9.78 Å². The Hall–Kier alpha value is -1.62. The number of nitrogens with one attached hydrogen (secondary N) is 1. The summed E-state index contributed by atoms with van der Waals surface area (Å²) >= 11 is 0. The first-order valence-electron chi connectivity index (χ1n) is 6.03. The molecule has 100 valence electrons. The molecule has 0 spiro atoms. The number of hydrogen-bond donors (Lipinski definition) is 2. The van der Waals surface area contributed by atoms with E-state index in [2.05, 4.69) is 10.3 Å². The molecular weight excluding hydrogens is 230 g/mol. The summed E-state index contributed by atoms with van der Waals surface area (Å²) in [5.41, 5.74) is 2.19. The van der Waals surface area contributed by atoms with E-state index in [4.69, 9.17) is 0 Å². The zero-order chi connectivity index (χ0) is 13.7. The van der Waals surface area contributed by atoms with Crippen molar-refractivity contribution in [3.8, 4) is 0 Å². The van der Waals surface area contributed by atoms with E-state index in [9.17, 15) is 9.90 Å². The van der Waals surface area contributed by atoms with Crippen LogP contribution in [0.25, 0.3) is 0 Å². The molecule has 1 aromatic rings. The van der Waals surface area contributed by atoms with Crippen LogP contribution in [0.1, 0.15) is 29.4 Å². The van der Waals surface area contributed by atoms with E-state index in [1.807, 2.05) is 13.0 Å². The molecule has 0 bridgehead atoms. The lowest BCUT2D eigenvalue weighted by atomic mass is 10.1. The van der Waals surface area contributed by atoms with Crippen molar-refractivity contribution in [2.45, 2.75) is 26.4 Å². The van der Waals surface area contributed by atoms with Crippen molar-refractivity contribution in [2.24, 2.45) is 0 Å². The van der Waals surface area contributed by atoms with Gasteiger partial charge in [0, 0.05) is 32.5 Å². The van der Waals surface area contributed by atoms with Gasteiger partial charge in [0.1, 0.15) is 0 Å². The summed E-state index contributed by atoms with van der Waals surface area (Å²) in [5, 5.41) is 12.2. The number of aryl methyl sites for hydroxylation is 1. The Kier molecular flexibility index (Phi) is 5.09. The van der Waals surface area contributed by atoms with Crippen molar-refractivity contribution >= 4 is 11.6 Å². The summed E-state index contributed by atoms with van der Waals surface area (Å²) < 4.78 is 0. The normalized spacial score (nSPS) is 12.1. The van der Waals surface area contributed by atoms with Crippen molar-refractivity contribution < 1.29 is 9.90 Å². The Morgan fingerprint density at radius 2 is 2.28 bits per heavy atom. The second-order valence-corrected chi connectivity index (χ2v) is 4.49. The summed E-state index contributed by atoms with van der Waals surface area (Å²) in [6, 6.07) is 1.84. The Balaban J connectivity index is 2.83. The van der Waals surface area contributed by atoms with Crippen LogP contribution in [0.2, 0.25) is 0 Å². The maximum atomic E-state index is 12.2. The minimum atomic E-state index is -0.403. The summed E-state index contributed by atoms with van der Waals surface area (Å²) in [6.07, 6.45) is 1.75. The van der Waals surface area contributed by atoms with Gasteiger partial charge in [-0.15, -0.1) is 0 Å². The zero-order valence-electron chi connectivity index (χ0n) is 11.4. The molecule has 0 aliphatic rings. The van der Waals surface area contributed by atoms with Crippen molar-refractivity contribution in [1.29, 1.82) is 0 Å². The Labute approximate surface area is 108 Å². The summed E-state index contributed by atoms with van der Waals surface area (Å²) in [6.45, 7) is 4.12. The van der Waals surface area contributed by atoms with Crippen LogP contribution in [0.3, 0.4) is 0 Å². The Bertz CT molecular complexity index is 419. The fourth-order valence-electron chi connectivity index (χ4n) is 1.62. The lowest BCUT2D eigenvalue weighted by Crippen LogP contribution is -2.30. The first kappa shape index (κ1) is 14.4. The summed E-state index contributed by atoms with van der Waals surface area (Å²) in [5.74, 6) is -0.0903. The highest BCUT2D eigenvalue weighted by Crippen LogP contribution is 2.16. The van der Waals surface area contributed by atoms with Gasteiger partial charge in [-0.25, -0.2) is 0 Å². The van der Waals surface area contributed by atoms with Crippen LogP contribution in [0.5, 0.6) is 0 Å². The molecule has 18 heavy (non-hydrogen) atoms. The Morgan fingerprint density at radius 1 is 1.61 bits per heavy atom. The van der Waals surface area contributed by atoms with Gasteiger partial charge in [0.2, 0.25) is 0 Å². The number of anilines is 1. The minimum Gasteiger partial charge on any atom is -0.393 e. The Morgan fingerprint density at radius 3 is 2.83 bits per heavy atom. The molecular formula is C13H21N3O2. The van der Waals surface area contributed by atoms with E-state index in [-0.39, 0.29) is 5.91 Å². The predicted octanol–water partition coefficient (Wildman–Crippen LogP) is 1.27. The molecule has 1 heterocycles. The number of aromatic nitrogens is 1. The number of nitrogens with zero attached hydrogens (tertiary/aromatic N) is 2. The van der Waals surface area contributed by atoms with Crippen LogP contribution in [0.4, 0.5) is 5.69 Å². The highest BCUT2D eigenvalue weighted by atomic mass is 16.3. The monoisotopic (exact) mass is 251 g/mol. The van der Waals surface area contributed by atoms with E-state index in [1.54, 1.807) is 32.1 Å². The number of aliphatic hydroxyl groups is 1. The molecule has 0 saturated heterocycles. The van der Waals surface area contributed by atoms with E-state index < -0.39 is 6.10 Å². The van der Waals surface area contributed by atoms with Gasteiger partial charge in [0.25, 0.3) is 5.91 Å². The number of hydrogen-bond acceptors (Lipinski definition) is 4. The molecule has 1 amide bonds. The molecule has 1 unspecified atom stereocenters. The van der Waals surface area contributed by atoms with Crippen molar-refractivity contribution in [2.75, 3.05) is 26.0 Å². The van der Waals surface area contributed by atoms with Crippen LogP contribution in [0, 0.1) is 6.92 Å². The molecule has 2 N–H and O–H groups in total. The highest BCUT2D eigenvalue weighted by molar-refractivity contribution is 5.99. The average molecular weight is 251 g/mol. The lowest BCUT2D eigenvalue weighted by Gasteiger charge is -2.19. The van der Waals surface area contributed by atoms with Crippen LogP contribution in [-0.4, -0.2) is 47.6 Å². The zero-order valence-corrected chi connectivity index (χ0v) is 11.4. The third-order valence-electron chi connectivity index (χ3n) is 2.77. The van der Waals surface area contributed by atoms with Crippen molar-refractivity contribution in [3.05, 3.63) is 23.5 Å². The predicted molar refractivity (Wildman–Crippen MR) is 71.8 cm³/mol. The van der Waals surface area contributed by atoms with E-state index >= 15 is 0 Å². The number of carbonyl (C=O) groups is 1. The second-order valence-electron chi connectivity index (χ2n) is 4.49. The van der Waals surface area contributed by atoms with Crippen molar-refractivity contribution in [3.63, 3.8) is 0 Å². The third-order valence-corrected chi connectivity index (χ3v) is 2.77. The maximum absolute atomic E-state index is 12.2. The molecule has 0 aliphatic heterocycles. The minimum absolute atomic E-state index is 0.0903. The molecule has 0 fully saturated rings. The molecule has 1 atom stereocenters. The number of amides is 1. The molecule has 0 aromatic carbocycles. The molecule has 5 nitrogen and oxygen atoms in total. The van der Waals surface area contributed by atoms with Crippen molar-refractivity contribution in [1.82, 2.24) is 9.88 Å². The molecule has 0 radical (unpaired) electrons. The standard InChI is InChI=1S/C13H21N3O2/c1-9-7-12(14-3)11(8-15-9)13(18)16(4)6-5-10(2)17/h7-8,10,17H,5-6H2,1-4H3,(H,14,15). The highest BCUT2D eigenvalue weighted by Gasteiger charge is 2.16. The first-order chi connectivity index (χ1) is 8.45. The van der Waals surface area contributed by atoms with E-state index in [1.165, 1.54) is 0 Å². The van der Waals surface area contributed by atoms with Crippen LogP contribution in [-0.2, 0) is 0 Å². The topological polar surface area (TPSA) is 65.5 Å². The van der Waals surface area contributed by atoms with Crippen LogP contribution < -0.4 is 5.32 Å². The average Bonchev–Trinajstić information content (AvgIpc) is 2.34. The number of pyridine rings is 1. The molecule has 5 heteroatoms. The van der Waals surface area contributed by atoms with Gasteiger partial charge >= 0.3 is 0 Å². The van der Waals surface area contributed by atoms with Crippen LogP contribution >= 0.6 is 0 Å². The fraction of sp³-hybridized carbons (Fsp3) is 0.538. The molecule has 1 aromatic heterocycles. The largest absolute Gasteiger partial charge is 0.393 e. The number of aliphatic hydroxyl groups excluding tert-OH is 1. The summed E-state index contributed by atoms with van der Waals surface area (Å²) in [4.78, 5) is 18.0. The van der Waals surface area contributed by atoms with Gasteiger partial charge in [0.15, 0.2) is 0 Å². The van der Waals surface area contributed by atoms with Gasteiger partial charge in [0.05, 0.1) is 17.4 Å². The van der Waals surface area contributed by atoms with E-state index in [0.29, 0.717) is 18.5 Å². The second kappa shape index (κ2) is 6.35. The van der Waals surface area contributed by atoms with Gasteiger partial charge < -0.3 is 15.3 Å². The van der Waals surface area contributed by atoms with Gasteiger partial charge in [-0.05, 0) is 26.3 Å². The molecule has 0 saturated carbocycles. The smallest absolute Gasteiger partial charge is 0.257 e. The third kappa shape index (κ3) is 3.70.